The van der Waals surface area contributed by atoms with E-state index >= 15 is 0 Å². The number of para-hydroxylation sites is 2. The van der Waals surface area contributed by atoms with Crippen LogP contribution in [0.1, 0.15) is 46.8 Å². The van der Waals surface area contributed by atoms with Crippen molar-refractivity contribution < 1.29 is 14.4 Å². The highest BCUT2D eigenvalue weighted by Gasteiger charge is 2.33. The Bertz CT molecular complexity index is 1650. The molecule has 1 aliphatic rings. The smallest absolute Gasteiger partial charge is 0.318 e. The van der Waals surface area contributed by atoms with Crippen LogP contribution in [0.15, 0.2) is 72.9 Å². The second-order valence-corrected chi connectivity index (χ2v) is 11.9. The maximum Gasteiger partial charge on any atom is 0.318 e. The van der Waals surface area contributed by atoms with Gasteiger partial charge in [-0.15, -0.1) is 0 Å². The molecule has 4 aromatic rings. The zero-order chi connectivity index (χ0) is 31.4. The standard InChI is InChI=1S/C35H42N6O3/c1-23-10-6-9-13-32(23)40-16-18-41(19-17-40)35(44)38-33(24(2)29-21-36-30-12-8-7-11-28(29)30)34(43)37-31-20-26(22-39(4)5)14-15-27(31)25(3)42/h6-15,20-21,24,33,36H,16-19,22H2,1-5H3,(H,37,43)(H,38,44). The number of urea groups is 1. The molecule has 1 saturated heterocycles. The van der Waals surface area contributed by atoms with Crippen LogP contribution in [0.4, 0.5) is 16.2 Å². The Morgan fingerprint density at radius 1 is 0.955 bits per heavy atom. The van der Waals surface area contributed by atoms with Crippen molar-refractivity contribution in [2.45, 2.75) is 39.3 Å². The van der Waals surface area contributed by atoms with Gasteiger partial charge in [0, 0.05) is 67.0 Å². The van der Waals surface area contributed by atoms with E-state index in [0.717, 1.165) is 22.0 Å². The molecule has 2 atom stereocenters. The second-order valence-electron chi connectivity index (χ2n) is 11.9. The van der Waals surface area contributed by atoms with E-state index in [1.54, 1.807) is 11.0 Å². The number of aromatic nitrogens is 1. The lowest BCUT2D eigenvalue weighted by molar-refractivity contribution is -0.118. The molecular weight excluding hydrogens is 552 g/mol. The Balaban J connectivity index is 1.39. The third kappa shape index (κ3) is 6.78. The van der Waals surface area contributed by atoms with E-state index in [9.17, 15) is 14.4 Å². The molecule has 3 aromatic carbocycles. The number of aromatic amines is 1. The summed E-state index contributed by atoms with van der Waals surface area (Å²) in [6.45, 7) is 8.67. The Morgan fingerprint density at radius 2 is 1.66 bits per heavy atom. The summed E-state index contributed by atoms with van der Waals surface area (Å²) >= 11 is 0. The Hall–Kier alpha value is -4.63. The Labute approximate surface area is 259 Å². The summed E-state index contributed by atoms with van der Waals surface area (Å²) in [6, 6.07) is 20.5. The summed E-state index contributed by atoms with van der Waals surface area (Å²) in [5.41, 5.74) is 6.11. The van der Waals surface area contributed by atoms with Crippen LogP contribution in [0.5, 0.6) is 0 Å². The largest absolute Gasteiger partial charge is 0.368 e. The first kappa shape index (κ1) is 30.8. The first-order chi connectivity index (χ1) is 21.1. The van der Waals surface area contributed by atoms with Gasteiger partial charge in [-0.2, -0.15) is 0 Å². The van der Waals surface area contributed by atoms with Crippen LogP contribution in [0.2, 0.25) is 0 Å². The van der Waals surface area contributed by atoms with Gasteiger partial charge in [0.15, 0.2) is 5.78 Å². The highest BCUT2D eigenvalue weighted by atomic mass is 16.2. The molecule has 0 bridgehead atoms. The van der Waals surface area contributed by atoms with Crippen molar-refractivity contribution in [1.82, 2.24) is 20.1 Å². The molecule has 1 fully saturated rings. The number of benzene rings is 3. The van der Waals surface area contributed by atoms with Crippen LogP contribution in [0.3, 0.4) is 0 Å². The fraction of sp³-hybridized carbons (Fsp3) is 0.343. The van der Waals surface area contributed by atoms with Crippen molar-refractivity contribution >= 4 is 40.0 Å². The van der Waals surface area contributed by atoms with Gasteiger partial charge in [0.05, 0.1) is 5.69 Å². The molecule has 1 aliphatic heterocycles. The number of nitrogens with zero attached hydrogens (tertiary/aromatic N) is 3. The molecule has 0 spiro atoms. The lowest BCUT2D eigenvalue weighted by Gasteiger charge is -2.37. The number of H-pyrrole nitrogens is 1. The van der Waals surface area contributed by atoms with Gasteiger partial charge in [-0.25, -0.2) is 4.79 Å². The molecule has 5 rings (SSSR count). The zero-order valence-corrected chi connectivity index (χ0v) is 26.2. The predicted octanol–water partition coefficient (Wildman–Crippen LogP) is 5.38. The monoisotopic (exact) mass is 594 g/mol. The molecule has 3 N–H and O–H groups in total. The highest BCUT2D eigenvalue weighted by molar-refractivity contribution is 6.06. The molecule has 230 valence electrons. The minimum absolute atomic E-state index is 0.145. The minimum Gasteiger partial charge on any atom is -0.368 e. The summed E-state index contributed by atoms with van der Waals surface area (Å²) in [5, 5.41) is 7.08. The van der Waals surface area contributed by atoms with Crippen LogP contribution < -0.4 is 15.5 Å². The minimum atomic E-state index is -0.895. The van der Waals surface area contributed by atoms with Crippen LogP contribution in [0.25, 0.3) is 10.9 Å². The first-order valence-corrected chi connectivity index (χ1v) is 15.1. The van der Waals surface area contributed by atoms with Crippen LogP contribution in [-0.4, -0.2) is 78.8 Å². The van der Waals surface area contributed by atoms with Gasteiger partial charge in [-0.1, -0.05) is 49.4 Å². The molecule has 44 heavy (non-hydrogen) atoms. The van der Waals surface area contributed by atoms with E-state index in [2.05, 4.69) is 39.6 Å². The lowest BCUT2D eigenvalue weighted by atomic mass is 9.92. The third-order valence-electron chi connectivity index (χ3n) is 8.42. The number of rotatable bonds is 9. The van der Waals surface area contributed by atoms with E-state index in [4.69, 9.17) is 0 Å². The number of Topliss-reactive ketones (excluding diaryl/α,β-unsaturated/α-hetero) is 1. The van der Waals surface area contributed by atoms with E-state index in [1.807, 2.05) is 80.6 Å². The van der Waals surface area contributed by atoms with Crippen molar-refractivity contribution in [3.8, 4) is 0 Å². The van der Waals surface area contributed by atoms with Gasteiger partial charge in [0.2, 0.25) is 5.91 Å². The number of fused-ring (bicyclic) bond motifs is 1. The average Bonchev–Trinajstić information content (AvgIpc) is 3.44. The van der Waals surface area contributed by atoms with Crippen molar-refractivity contribution in [2.75, 3.05) is 50.5 Å². The number of hydrogen-bond acceptors (Lipinski definition) is 5. The Kier molecular flexibility index (Phi) is 9.35. The molecule has 2 unspecified atom stereocenters. The Morgan fingerprint density at radius 3 is 2.36 bits per heavy atom. The SMILES string of the molecule is CC(=O)c1ccc(CN(C)C)cc1NC(=O)C(NC(=O)N1CCN(c2ccccc2C)CC1)C(C)c1c[nH]c2ccccc12. The molecule has 9 nitrogen and oxygen atoms in total. The van der Waals surface area contributed by atoms with E-state index in [-0.39, 0.29) is 23.6 Å². The van der Waals surface area contributed by atoms with Gasteiger partial charge in [-0.3, -0.25) is 9.59 Å². The topological polar surface area (TPSA) is 101 Å². The van der Waals surface area contributed by atoms with Gasteiger partial charge in [0.25, 0.3) is 0 Å². The third-order valence-corrected chi connectivity index (χ3v) is 8.42. The van der Waals surface area contributed by atoms with Crippen molar-refractivity contribution in [3.05, 3.63) is 95.2 Å². The number of aryl methyl sites for hydroxylation is 1. The van der Waals surface area contributed by atoms with E-state index < -0.39 is 6.04 Å². The number of hydrogen-bond donors (Lipinski definition) is 3. The summed E-state index contributed by atoms with van der Waals surface area (Å²) in [7, 11) is 3.93. The number of anilines is 2. The quantitative estimate of drug-likeness (QED) is 0.226. The van der Waals surface area contributed by atoms with Gasteiger partial charge < -0.3 is 30.3 Å². The maximum atomic E-state index is 14.1. The number of piperazine rings is 1. The second kappa shape index (κ2) is 13.3. The molecule has 0 radical (unpaired) electrons. The molecular formula is C35H42N6O3. The van der Waals surface area contributed by atoms with Crippen LogP contribution in [-0.2, 0) is 11.3 Å². The number of carbonyl (C=O) groups is 3. The summed E-state index contributed by atoms with van der Waals surface area (Å²) in [6.07, 6.45) is 1.90. The number of amides is 3. The fourth-order valence-electron chi connectivity index (χ4n) is 6.04. The molecule has 3 amide bonds. The van der Waals surface area contributed by atoms with Crippen molar-refractivity contribution in [3.63, 3.8) is 0 Å². The van der Waals surface area contributed by atoms with Crippen molar-refractivity contribution in [2.24, 2.45) is 0 Å². The highest BCUT2D eigenvalue weighted by Crippen LogP contribution is 2.29. The number of carbonyl (C=O) groups excluding carboxylic acids is 3. The zero-order valence-electron chi connectivity index (χ0n) is 26.2. The fourth-order valence-corrected chi connectivity index (χ4v) is 6.04. The lowest BCUT2D eigenvalue weighted by Crippen LogP contribution is -2.56. The summed E-state index contributed by atoms with van der Waals surface area (Å²) < 4.78 is 0. The van der Waals surface area contributed by atoms with Crippen LogP contribution in [0, 0.1) is 6.92 Å². The normalized spacial score (nSPS) is 14.9. The first-order valence-electron chi connectivity index (χ1n) is 15.1. The van der Waals surface area contributed by atoms with Gasteiger partial charge >= 0.3 is 6.03 Å². The van der Waals surface area contributed by atoms with Crippen molar-refractivity contribution in [1.29, 1.82) is 0 Å². The predicted molar refractivity (Wildman–Crippen MR) is 176 cm³/mol. The number of ketones is 1. The molecule has 0 aliphatic carbocycles. The molecule has 2 heterocycles. The summed E-state index contributed by atoms with van der Waals surface area (Å²) in [5.74, 6) is -0.887. The summed E-state index contributed by atoms with van der Waals surface area (Å²) in [4.78, 5) is 49.7. The molecule has 9 heteroatoms. The van der Waals surface area contributed by atoms with Crippen LogP contribution >= 0.6 is 0 Å². The number of nitrogens with one attached hydrogen (secondary N) is 3. The van der Waals surface area contributed by atoms with E-state index in [1.165, 1.54) is 18.2 Å². The van der Waals surface area contributed by atoms with Gasteiger partial charge in [0.1, 0.15) is 6.04 Å². The molecule has 1 aromatic heterocycles. The van der Waals surface area contributed by atoms with E-state index in [0.29, 0.717) is 44.0 Å². The molecule has 0 saturated carbocycles. The average molecular weight is 595 g/mol. The van der Waals surface area contributed by atoms with Gasteiger partial charge in [-0.05, 0) is 68.9 Å². The maximum absolute atomic E-state index is 14.1.